The Kier molecular flexibility index (Phi) is 5.32. The van der Waals surface area contributed by atoms with Crippen LogP contribution in [0.5, 0.6) is 0 Å². The van der Waals surface area contributed by atoms with E-state index in [1.54, 1.807) is 6.92 Å². The van der Waals surface area contributed by atoms with Gasteiger partial charge in [0.1, 0.15) is 0 Å². The number of carbonyl (C=O) groups is 2. The summed E-state index contributed by atoms with van der Waals surface area (Å²) in [5, 5.41) is 4.60. The average molecular weight is 264 g/mol. The Morgan fingerprint density at radius 1 is 1.32 bits per heavy atom. The number of urea groups is 1. The Hall–Kier alpha value is -2.08. The zero-order valence-electron chi connectivity index (χ0n) is 11.4. The second-order valence-electron chi connectivity index (χ2n) is 4.40. The van der Waals surface area contributed by atoms with E-state index in [4.69, 9.17) is 5.73 Å². The van der Waals surface area contributed by atoms with Crippen LogP contribution in [-0.2, 0) is 11.3 Å². The molecule has 0 saturated heterocycles. The number of nitrogens with zero attached hydrogens (tertiary/aromatic N) is 1. The Bertz CT molecular complexity index is 444. The molecule has 19 heavy (non-hydrogen) atoms. The predicted molar refractivity (Wildman–Crippen MR) is 74.4 cm³/mol. The van der Waals surface area contributed by atoms with E-state index in [1.165, 1.54) is 7.05 Å². The van der Waals surface area contributed by atoms with Crippen LogP contribution in [0.1, 0.15) is 12.5 Å². The maximum Gasteiger partial charge on any atom is 0.321 e. The van der Waals surface area contributed by atoms with Gasteiger partial charge in [-0.15, -0.1) is 0 Å². The third kappa shape index (κ3) is 4.59. The summed E-state index contributed by atoms with van der Waals surface area (Å²) in [5.41, 5.74) is 7.37. The number of hydrogen-bond donors (Lipinski definition) is 3. The van der Waals surface area contributed by atoms with Crippen LogP contribution in [0.4, 0.5) is 10.5 Å². The number of nitrogens with one attached hydrogen (secondary N) is 2. The second kappa shape index (κ2) is 6.75. The number of anilines is 1. The normalized spacial score (nSPS) is 12.0. The number of rotatable bonds is 4. The van der Waals surface area contributed by atoms with Gasteiger partial charge in [-0.3, -0.25) is 15.0 Å². The third-order valence-electron chi connectivity index (χ3n) is 2.92. The number of hydrogen-bond acceptors (Lipinski definition) is 4. The molecule has 0 spiro atoms. The number of carbonyl (C=O) groups excluding carboxylic acids is 2. The van der Waals surface area contributed by atoms with Gasteiger partial charge in [0, 0.05) is 19.3 Å². The molecule has 6 heteroatoms. The first-order valence-electron chi connectivity index (χ1n) is 6.01. The Labute approximate surface area is 113 Å². The van der Waals surface area contributed by atoms with Crippen LogP contribution in [0.3, 0.4) is 0 Å². The first-order valence-corrected chi connectivity index (χ1v) is 6.01. The molecule has 1 aromatic rings. The van der Waals surface area contributed by atoms with Crippen molar-refractivity contribution in [2.75, 3.05) is 19.8 Å². The highest BCUT2D eigenvalue weighted by atomic mass is 16.2. The van der Waals surface area contributed by atoms with Crippen LogP contribution >= 0.6 is 0 Å². The molecule has 0 fully saturated rings. The van der Waals surface area contributed by atoms with Crippen molar-refractivity contribution < 1.29 is 9.59 Å². The van der Waals surface area contributed by atoms with Crippen LogP contribution in [0.15, 0.2) is 24.3 Å². The molecule has 0 bridgehead atoms. The fraction of sp³-hybridized carbons (Fsp3) is 0.385. The molecular weight excluding hydrogens is 244 g/mol. The zero-order valence-corrected chi connectivity index (χ0v) is 11.4. The Morgan fingerprint density at radius 2 is 1.89 bits per heavy atom. The van der Waals surface area contributed by atoms with Crippen molar-refractivity contribution in [1.82, 2.24) is 15.5 Å². The van der Waals surface area contributed by atoms with Crippen molar-refractivity contribution in [2.45, 2.75) is 19.5 Å². The maximum absolute atomic E-state index is 11.8. The van der Waals surface area contributed by atoms with E-state index in [9.17, 15) is 9.59 Å². The molecule has 0 saturated carbocycles. The summed E-state index contributed by atoms with van der Waals surface area (Å²) in [6, 6.07) is 6.55. The van der Waals surface area contributed by atoms with Gasteiger partial charge in [0.2, 0.25) is 5.91 Å². The summed E-state index contributed by atoms with van der Waals surface area (Å²) in [7, 11) is 3.29. The van der Waals surface area contributed by atoms with E-state index in [-0.39, 0.29) is 5.91 Å². The second-order valence-corrected chi connectivity index (χ2v) is 4.40. The first-order chi connectivity index (χ1) is 8.93. The van der Waals surface area contributed by atoms with Gasteiger partial charge in [-0.2, -0.15) is 0 Å². The van der Waals surface area contributed by atoms with Crippen molar-refractivity contribution in [3.63, 3.8) is 0 Å². The Balaban J connectivity index is 2.56. The highest BCUT2D eigenvalue weighted by molar-refractivity contribution is 5.96. The van der Waals surface area contributed by atoms with Crippen LogP contribution in [0, 0.1) is 0 Å². The summed E-state index contributed by atoms with van der Waals surface area (Å²) in [6.07, 6.45) is 0. The number of nitrogens with two attached hydrogens (primary N) is 1. The van der Waals surface area contributed by atoms with E-state index in [0.29, 0.717) is 12.2 Å². The quantitative estimate of drug-likeness (QED) is 0.693. The summed E-state index contributed by atoms with van der Waals surface area (Å²) >= 11 is 0. The monoisotopic (exact) mass is 264 g/mol. The minimum Gasteiger partial charge on any atom is -0.399 e. The SMILES string of the molecule is CNC(=O)NC(=O)C(C)N(C)Cc1ccc(N)cc1. The van der Waals surface area contributed by atoms with Crippen molar-refractivity contribution in [1.29, 1.82) is 0 Å². The molecule has 1 rings (SSSR count). The summed E-state index contributed by atoms with van der Waals surface area (Å²) < 4.78 is 0. The van der Waals surface area contributed by atoms with Gasteiger partial charge in [0.15, 0.2) is 0 Å². The van der Waals surface area contributed by atoms with Crippen molar-refractivity contribution >= 4 is 17.6 Å². The van der Waals surface area contributed by atoms with Crippen LogP contribution in [0.2, 0.25) is 0 Å². The largest absolute Gasteiger partial charge is 0.399 e. The molecule has 0 aliphatic rings. The molecule has 104 valence electrons. The fourth-order valence-corrected chi connectivity index (χ4v) is 1.53. The van der Waals surface area contributed by atoms with Gasteiger partial charge in [-0.05, 0) is 31.7 Å². The lowest BCUT2D eigenvalue weighted by Gasteiger charge is -2.23. The molecular formula is C13H20N4O2. The Morgan fingerprint density at radius 3 is 2.42 bits per heavy atom. The van der Waals surface area contributed by atoms with Gasteiger partial charge < -0.3 is 11.1 Å². The minimum atomic E-state index is -0.502. The molecule has 1 unspecified atom stereocenters. The number of nitrogen functional groups attached to an aromatic ring is 1. The molecule has 0 aromatic heterocycles. The molecule has 3 amide bonds. The van der Waals surface area contributed by atoms with Gasteiger partial charge >= 0.3 is 6.03 Å². The predicted octanol–water partition coefficient (Wildman–Crippen LogP) is 0.545. The van der Waals surface area contributed by atoms with Crippen LogP contribution < -0.4 is 16.4 Å². The standard InChI is InChI=1S/C13H20N4O2/c1-9(12(18)16-13(19)15-2)17(3)8-10-4-6-11(14)7-5-10/h4-7,9H,8,14H2,1-3H3,(H2,15,16,18,19). The molecule has 4 N–H and O–H groups in total. The lowest BCUT2D eigenvalue weighted by atomic mass is 10.1. The van der Waals surface area contributed by atoms with Crippen molar-refractivity contribution in [3.05, 3.63) is 29.8 Å². The van der Waals surface area contributed by atoms with E-state index in [1.807, 2.05) is 36.2 Å². The van der Waals surface area contributed by atoms with Crippen molar-refractivity contribution in [2.24, 2.45) is 0 Å². The number of imide groups is 1. The topological polar surface area (TPSA) is 87.5 Å². The highest BCUT2D eigenvalue weighted by Crippen LogP contribution is 2.09. The number of benzene rings is 1. The van der Waals surface area contributed by atoms with Gasteiger partial charge in [-0.25, -0.2) is 4.79 Å². The lowest BCUT2D eigenvalue weighted by Crippen LogP contribution is -2.47. The lowest BCUT2D eigenvalue weighted by molar-refractivity contribution is -0.124. The van der Waals surface area contributed by atoms with E-state index < -0.39 is 12.1 Å². The average Bonchev–Trinajstić information content (AvgIpc) is 2.40. The third-order valence-corrected chi connectivity index (χ3v) is 2.92. The highest BCUT2D eigenvalue weighted by Gasteiger charge is 2.19. The van der Waals surface area contributed by atoms with Crippen LogP contribution in [-0.4, -0.2) is 37.0 Å². The molecule has 1 atom stereocenters. The van der Waals surface area contributed by atoms with E-state index in [2.05, 4.69) is 10.6 Å². The number of likely N-dealkylation sites (N-methyl/N-ethyl adjacent to an activating group) is 1. The van der Waals surface area contributed by atoms with Crippen LogP contribution in [0.25, 0.3) is 0 Å². The summed E-state index contributed by atoms with van der Waals surface area (Å²) in [6.45, 7) is 2.35. The summed E-state index contributed by atoms with van der Waals surface area (Å²) in [5.74, 6) is -0.336. The van der Waals surface area contributed by atoms with Gasteiger partial charge in [0.25, 0.3) is 0 Å². The zero-order chi connectivity index (χ0) is 14.4. The van der Waals surface area contributed by atoms with Crippen molar-refractivity contribution in [3.8, 4) is 0 Å². The maximum atomic E-state index is 11.8. The fourth-order valence-electron chi connectivity index (χ4n) is 1.53. The van der Waals surface area contributed by atoms with E-state index >= 15 is 0 Å². The molecule has 0 heterocycles. The molecule has 0 radical (unpaired) electrons. The molecule has 1 aromatic carbocycles. The van der Waals surface area contributed by atoms with E-state index in [0.717, 1.165) is 5.56 Å². The molecule has 0 aliphatic carbocycles. The smallest absolute Gasteiger partial charge is 0.321 e. The van der Waals surface area contributed by atoms with Gasteiger partial charge in [0.05, 0.1) is 6.04 Å². The first kappa shape index (κ1) is 15.0. The minimum absolute atomic E-state index is 0.336. The number of amides is 3. The van der Waals surface area contributed by atoms with Gasteiger partial charge in [-0.1, -0.05) is 12.1 Å². The summed E-state index contributed by atoms with van der Waals surface area (Å²) in [4.78, 5) is 24.7. The molecule has 6 nitrogen and oxygen atoms in total. The molecule has 0 aliphatic heterocycles.